The largest absolute Gasteiger partial charge is 0.198 e. The van der Waals surface area contributed by atoms with Crippen LogP contribution in [0.3, 0.4) is 0 Å². The van der Waals surface area contributed by atoms with Gasteiger partial charge in [-0.2, -0.15) is 5.26 Å². The van der Waals surface area contributed by atoms with Gasteiger partial charge in [-0.25, -0.2) is 0 Å². The van der Waals surface area contributed by atoms with Gasteiger partial charge in [-0.1, -0.05) is 26.7 Å². The Morgan fingerprint density at radius 3 is 2.45 bits per heavy atom. The molecule has 0 amide bonds. The summed E-state index contributed by atoms with van der Waals surface area (Å²) in [5.41, 5.74) is 0.0794. The number of hydrogen-bond donors (Lipinski definition) is 0. The van der Waals surface area contributed by atoms with E-state index < -0.39 is 0 Å². The number of rotatable bonds is 3. The molecular formula is C10H17N. The lowest BCUT2D eigenvalue weighted by Gasteiger charge is -2.40. The van der Waals surface area contributed by atoms with E-state index in [-0.39, 0.29) is 5.41 Å². The van der Waals surface area contributed by atoms with E-state index in [9.17, 15) is 0 Å². The van der Waals surface area contributed by atoms with Gasteiger partial charge in [0, 0.05) is 0 Å². The van der Waals surface area contributed by atoms with Crippen molar-refractivity contribution in [3.05, 3.63) is 0 Å². The van der Waals surface area contributed by atoms with Gasteiger partial charge in [-0.3, -0.25) is 0 Å². The number of nitrogens with zero attached hydrogens (tertiary/aromatic N) is 1. The van der Waals surface area contributed by atoms with Crippen LogP contribution >= 0.6 is 0 Å². The molecule has 11 heavy (non-hydrogen) atoms. The van der Waals surface area contributed by atoms with Gasteiger partial charge in [0.25, 0.3) is 0 Å². The smallest absolute Gasteiger partial charge is 0.0692 e. The highest BCUT2D eigenvalue weighted by Crippen LogP contribution is 2.47. The molecule has 1 atom stereocenters. The Morgan fingerprint density at radius 2 is 2.18 bits per heavy atom. The Morgan fingerprint density at radius 1 is 1.55 bits per heavy atom. The van der Waals surface area contributed by atoms with Crippen LogP contribution in [0.5, 0.6) is 0 Å². The third-order valence-corrected chi connectivity index (χ3v) is 3.13. The van der Waals surface area contributed by atoms with Crippen molar-refractivity contribution in [1.82, 2.24) is 0 Å². The van der Waals surface area contributed by atoms with Crippen LogP contribution in [0.4, 0.5) is 0 Å². The van der Waals surface area contributed by atoms with Gasteiger partial charge in [0.05, 0.1) is 11.5 Å². The average molecular weight is 151 g/mol. The van der Waals surface area contributed by atoms with Crippen LogP contribution in [0, 0.1) is 22.7 Å². The highest BCUT2D eigenvalue weighted by atomic mass is 14.5. The topological polar surface area (TPSA) is 23.8 Å². The van der Waals surface area contributed by atoms with E-state index in [0.29, 0.717) is 5.92 Å². The Hall–Kier alpha value is -0.510. The van der Waals surface area contributed by atoms with Crippen LogP contribution in [-0.2, 0) is 0 Å². The lowest BCUT2D eigenvalue weighted by Crippen LogP contribution is -2.34. The highest BCUT2D eigenvalue weighted by Gasteiger charge is 2.41. The van der Waals surface area contributed by atoms with Gasteiger partial charge in [0.15, 0.2) is 0 Å². The summed E-state index contributed by atoms with van der Waals surface area (Å²) in [5.74, 6) is 0.617. The molecule has 62 valence electrons. The molecule has 0 bridgehead atoms. The average Bonchev–Trinajstić information content (AvgIpc) is 1.87. The first-order chi connectivity index (χ1) is 5.25. The zero-order valence-electron chi connectivity index (χ0n) is 7.56. The van der Waals surface area contributed by atoms with E-state index in [4.69, 9.17) is 5.26 Å². The molecule has 0 spiro atoms. The second kappa shape index (κ2) is 3.26. The molecule has 1 aliphatic rings. The molecule has 0 radical (unpaired) electrons. The minimum Gasteiger partial charge on any atom is -0.198 e. The maximum absolute atomic E-state index is 8.98. The van der Waals surface area contributed by atoms with Gasteiger partial charge < -0.3 is 0 Å². The second-order valence-electron chi connectivity index (χ2n) is 3.81. The quantitative estimate of drug-likeness (QED) is 0.608. The second-order valence-corrected chi connectivity index (χ2v) is 3.81. The monoisotopic (exact) mass is 151 g/mol. The summed E-state index contributed by atoms with van der Waals surface area (Å²) in [6.45, 7) is 4.42. The zero-order valence-corrected chi connectivity index (χ0v) is 7.56. The fraction of sp³-hybridized carbons (Fsp3) is 0.900. The van der Waals surface area contributed by atoms with Gasteiger partial charge in [0.1, 0.15) is 0 Å². The van der Waals surface area contributed by atoms with Crippen molar-refractivity contribution in [1.29, 1.82) is 5.26 Å². The fourth-order valence-corrected chi connectivity index (χ4v) is 1.98. The summed E-state index contributed by atoms with van der Waals surface area (Å²) >= 11 is 0. The maximum Gasteiger partial charge on any atom is 0.0692 e. The molecule has 0 aromatic carbocycles. The first-order valence-corrected chi connectivity index (χ1v) is 4.66. The molecule has 1 heteroatoms. The maximum atomic E-state index is 8.98. The molecule has 1 nitrogen and oxygen atoms in total. The number of hydrogen-bond acceptors (Lipinski definition) is 1. The molecule has 0 aromatic heterocycles. The molecule has 0 heterocycles. The molecular weight excluding hydrogens is 134 g/mol. The van der Waals surface area contributed by atoms with Crippen molar-refractivity contribution in [2.75, 3.05) is 0 Å². The van der Waals surface area contributed by atoms with Crippen LogP contribution in [0.15, 0.2) is 0 Å². The lowest BCUT2D eigenvalue weighted by molar-refractivity contribution is 0.122. The molecule has 0 N–H and O–H groups in total. The predicted molar refractivity (Wildman–Crippen MR) is 46.0 cm³/mol. The summed E-state index contributed by atoms with van der Waals surface area (Å²) < 4.78 is 0. The van der Waals surface area contributed by atoms with Crippen molar-refractivity contribution in [3.63, 3.8) is 0 Å². The van der Waals surface area contributed by atoms with E-state index in [1.165, 1.54) is 19.3 Å². The van der Waals surface area contributed by atoms with Crippen molar-refractivity contribution in [2.45, 2.75) is 46.0 Å². The SMILES string of the molecule is CCCC(C)C1(C#N)CCC1. The third kappa shape index (κ3) is 1.40. The Bertz CT molecular complexity index is 162. The molecule has 0 aromatic rings. The first-order valence-electron chi connectivity index (χ1n) is 4.66. The summed E-state index contributed by atoms with van der Waals surface area (Å²) in [6.07, 6.45) is 5.98. The molecule has 1 saturated carbocycles. The van der Waals surface area contributed by atoms with Gasteiger partial charge in [0.2, 0.25) is 0 Å². The van der Waals surface area contributed by atoms with Crippen LogP contribution in [0.1, 0.15) is 46.0 Å². The Labute approximate surface area is 69.4 Å². The molecule has 1 aliphatic carbocycles. The van der Waals surface area contributed by atoms with Crippen molar-refractivity contribution >= 4 is 0 Å². The predicted octanol–water partition coefficient (Wildman–Crippen LogP) is 3.12. The van der Waals surface area contributed by atoms with Crippen LogP contribution in [0.25, 0.3) is 0 Å². The lowest BCUT2D eigenvalue weighted by atomic mass is 9.61. The summed E-state index contributed by atoms with van der Waals surface area (Å²) in [4.78, 5) is 0. The van der Waals surface area contributed by atoms with Crippen LogP contribution in [-0.4, -0.2) is 0 Å². The highest BCUT2D eigenvalue weighted by molar-refractivity contribution is 5.06. The third-order valence-electron chi connectivity index (χ3n) is 3.13. The first kappa shape index (κ1) is 8.59. The van der Waals surface area contributed by atoms with E-state index in [1.807, 2.05) is 0 Å². The van der Waals surface area contributed by atoms with Gasteiger partial charge in [-0.05, 0) is 25.2 Å². The van der Waals surface area contributed by atoms with Crippen molar-refractivity contribution in [3.8, 4) is 6.07 Å². The van der Waals surface area contributed by atoms with E-state index in [1.54, 1.807) is 0 Å². The summed E-state index contributed by atoms with van der Waals surface area (Å²) in [5, 5.41) is 8.98. The normalized spacial score (nSPS) is 23.4. The van der Waals surface area contributed by atoms with E-state index >= 15 is 0 Å². The standard InChI is InChI=1S/C10H17N/c1-3-5-9(2)10(8-11)6-4-7-10/h9H,3-7H2,1-2H3. The minimum absolute atomic E-state index is 0.0794. The van der Waals surface area contributed by atoms with E-state index in [0.717, 1.165) is 12.8 Å². The molecule has 1 unspecified atom stereocenters. The van der Waals surface area contributed by atoms with Crippen LogP contribution in [0.2, 0.25) is 0 Å². The summed E-state index contributed by atoms with van der Waals surface area (Å²) in [6, 6.07) is 2.50. The zero-order chi connectivity index (χ0) is 8.32. The Kier molecular flexibility index (Phi) is 2.54. The van der Waals surface area contributed by atoms with E-state index in [2.05, 4.69) is 19.9 Å². The minimum atomic E-state index is 0.0794. The molecule has 1 fully saturated rings. The van der Waals surface area contributed by atoms with Gasteiger partial charge >= 0.3 is 0 Å². The Balaban J connectivity index is 2.49. The van der Waals surface area contributed by atoms with Crippen molar-refractivity contribution < 1.29 is 0 Å². The van der Waals surface area contributed by atoms with Crippen molar-refractivity contribution in [2.24, 2.45) is 11.3 Å². The molecule has 0 aliphatic heterocycles. The van der Waals surface area contributed by atoms with Crippen LogP contribution < -0.4 is 0 Å². The number of nitriles is 1. The van der Waals surface area contributed by atoms with Gasteiger partial charge in [-0.15, -0.1) is 0 Å². The molecule has 1 rings (SSSR count). The molecule has 0 saturated heterocycles. The fourth-order valence-electron chi connectivity index (χ4n) is 1.98. The summed E-state index contributed by atoms with van der Waals surface area (Å²) in [7, 11) is 0.